The van der Waals surface area contributed by atoms with Gasteiger partial charge in [0.15, 0.2) is 9.84 Å². The maximum absolute atomic E-state index is 13.4. The molecule has 206 valence electrons. The average molecular weight is 570 g/mol. The molecule has 0 aliphatic carbocycles. The van der Waals surface area contributed by atoms with Crippen LogP contribution in [0.2, 0.25) is 0 Å². The lowest BCUT2D eigenvalue weighted by Crippen LogP contribution is -2.53. The molecule has 0 radical (unpaired) electrons. The maximum atomic E-state index is 13.4. The zero-order chi connectivity index (χ0) is 28.1. The molecule has 4 heterocycles. The molecule has 0 bridgehead atoms. The molecule has 0 spiro atoms. The molecule has 2 aromatic rings. The Bertz CT molecular complexity index is 1450. The first-order chi connectivity index (χ1) is 18.4. The Labute approximate surface area is 232 Å². The lowest BCUT2D eigenvalue weighted by molar-refractivity contribution is -0.129. The van der Waals surface area contributed by atoms with Crippen LogP contribution < -0.4 is 15.5 Å². The van der Waals surface area contributed by atoms with E-state index in [1.54, 1.807) is 50.1 Å². The van der Waals surface area contributed by atoms with Gasteiger partial charge in [-0.05, 0) is 70.0 Å². The first-order valence-electron chi connectivity index (χ1n) is 12.7. The fraction of sp³-hybridized carbons (Fsp3) is 0.407. The van der Waals surface area contributed by atoms with Crippen molar-refractivity contribution in [3.63, 3.8) is 0 Å². The van der Waals surface area contributed by atoms with Gasteiger partial charge in [-0.15, -0.1) is 0 Å². The number of benzene rings is 1. The van der Waals surface area contributed by atoms with Crippen molar-refractivity contribution in [3.05, 3.63) is 54.7 Å². The van der Waals surface area contributed by atoms with Gasteiger partial charge in [0.05, 0.1) is 27.1 Å². The molecule has 1 fully saturated rings. The van der Waals surface area contributed by atoms with Crippen molar-refractivity contribution in [2.75, 3.05) is 18.0 Å². The summed E-state index contributed by atoms with van der Waals surface area (Å²) >= 11 is 1.30. The topological polar surface area (TPSA) is 129 Å². The summed E-state index contributed by atoms with van der Waals surface area (Å²) < 4.78 is 24.7. The van der Waals surface area contributed by atoms with Gasteiger partial charge in [-0.2, -0.15) is 0 Å². The number of amides is 4. The number of anilines is 2. The molecule has 1 aromatic heterocycles. The van der Waals surface area contributed by atoms with E-state index in [2.05, 4.69) is 22.2 Å². The zero-order valence-corrected chi connectivity index (χ0v) is 23.6. The number of carbonyl (C=O) groups is 3. The summed E-state index contributed by atoms with van der Waals surface area (Å²) in [5, 5.41) is 6.06. The van der Waals surface area contributed by atoms with E-state index in [4.69, 9.17) is 0 Å². The molecule has 4 amide bonds. The van der Waals surface area contributed by atoms with E-state index in [-0.39, 0.29) is 22.8 Å². The second kappa shape index (κ2) is 9.98. The summed E-state index contributed by atoms with van der Waals surface area (Å²) in [5.41, 5.74) is 1.85. The highest BCUT2D eigenvalue weighted by Crippen LogP contribution is 2.50. The average Bonchev–Trinajstić information content (AvgIpc) is 3.27. The number of carbonyl (C=O) groups excluding carboxylic acids is 3. The number of rotatable bonds is 5. The Morgan fingerprint density at radius 2 is 1.92 bits per heavy atom. The van der Waals surface area contributed by atoms with Gasteiger partial charge in [-0.3, -0.25) is 14.5 Å². The minimum Gasteiger partial charge on any atom is -0.351 e. The van der Waals surface area contributed by atoms with Crippen molar-refractivity contribution in [2.24, 2.45) is 0 Å². The summed E-state index contributed by atoms with van der Waals surface area (Å²) in [5.74, 6) is -0.383. The number of pyridine rings is 1. The summed E-state index contributed by atoms with van der Waals surface area (Å²) in [4.78, 5) is 46.6. The SMILES string of the molecule is C=CC(=O)N1CCCC(NC(=O)[C@@H]2Sc3nccc4c3C2NC(=O)N4c2ccc(S(=O)(=O)C(C)(C)C)cc2)C1. The van der Waals surface area contributed by atoms with E-state index >= 15 is 0 Å². The molecule has 2 N–H and O–H groups in total. The van der Waals surface area contributed by atoms with Crippen LogP contribution in [-0.4, -0.2) is 65.3 Å². The van der Waals surface area contributed by atoms with E-state index in [1.807, 2.05) is 0 Å². The Morgan fingerprint density at radius 1 is 1.21 bits per heavy atom. The number of sulfone groups is 1. The van der Waals surface area contributed by atoms with Crippen LogP contribution in [0.1, 0.15) is 45.2 Å². The summed E-state index contributed by atoms with van der Waals surface area (Å²) in [7, 11) is -3.55. The summed E-state index contributed by atoms with van der Waals surface area (Å²) in [6, 6.07) is 6.77. The highest BCUT2D eigenvalue weighted by Gasteiger charge is 2.47. The van der Waals surface area contributed by atoms with Crippen LogP contribution >= 0.6 is 11.8 Å². The number of piperidine rings is 1. The predicted molar refractivity (Wildman–Crippen MR) is 149 cm³/mol. The highest BCUT2D eigenvalue weighted by molar-refractivity contribution is 8.01. The van der Waals surface area contributed by atoms with E-state index < -0.39 is 31.9 Å². The van der Waals surface area contributed by atoms with Crippen LogP contribution in [0.4, 0.5) is 16.2 Å². The molecule has 0 saturated carbocycles. The molecule has 10 nitrogen and oxygen atoms in total. The highest BCUT2D eigenvalue weighted by atomic mass is 32.2. The van der Waals surface area contributed by atoms with Crippen LogP contribution in [0.25, 0.3) is 0 Å². The van der Waals surface area contributed by atoms with Crippen molar-refractivity contribution >= 4 is 50.8 Å². The second-order valence-corrected chi connectivity index (χ2v) is 14.6. The van der Waals surface area contributed by atoms with Gasteiger partial charge in [0.1, 0.15) is 10.3 Å². The lowest BCUT2D eigenvalue weighted by Gasteiger charge is -2.35. The Kier molecular flexibility index (Phi) is 6.96. The molecule has 12 heteroatoms. The molecule has 5 rings (SSSR count). The standard InChI is InChI=1S/C27H31N5O5S2/c1-5-20(33)31-14-6-7-16(15-31)29-24(34)23-22-21-19(12-13-28-25(21)38-23)32(26(35)30-22)17-8-10-18(11-9-17)39(36,37)27(2,3)4/h5,8-13,16,22-23H,1,6-7,14-15H2,2-4H3,(H,29,34)(H,30,35)/t16?,22?,23-/m1/s1. The summed E-state index contributed by atoms with van der Waals surface area (Å²) in [6.45, 7) is 9.52. The van der Waals surface area contributed by atoms with Gasteiger partial charge in [-0.25, -0.2) is 18.2 Å². The molecular weight excluding hydrogens is 538 g/mol. The van der Waals surface area contributed by atoms with Crippen molar-refractivity contribution in [2.45, 2.75) is 65.6 Å². The first-order valence-corrected chi connectivity index (χ1v) is 15.1. The van der Waals surface area contributed by atoms with Gasteiger partial charge in [0.25, 0.3) is 0 Å². The minimum atomic E-state index is -3.55. The Balaban J connectivity index is 1.38. The molecule has 1 saturated heterocycles. The smallest absolute Gasteiger partial charge is 0.327 e. The lowest BCUT2D eigenvalue weighted by atomic mass is 9.99. The second-order valence-electron chi connectivity index (χ2n) is 10.8. The third-order valence-corrected chi connectivity index (χ3v) is 11.0. The van der Waals surface area contributed by atoms with Gasteiger partial charge < -0.3 is 15.5 Å². The van der Waals surface area contributed by atoms with Crippen molar-refractivity contribution in [3.8, 4) is 0 Å². The number of urea groups is 1. The van der Waals surface area contributed by atoms with Gasteiger partial charge in [-0.1, -0.05) is 18.3 Å². The molecular formula is C27H31N5O5S2. The number of hydrogen-bond acceptors (Lipinski definition) is 7. The number of aromatic nitrogens is 1. The molecule has 3 aliphatic heterocycles. The molecule has 3 atom stereocenters. The van der Waals surface area contributed by atoms with Gasteiger partial charge in [0, 0.05) is 30.9 Å². The van der Waals surface area contributed by atoms with Crippen molar-refractivity contribution < 1.29 is 22.8 Å². The number of hydrogen-bond donors (Lipinski definition) is 2. The largest absolute Gasteiger partial charge is 0.351 e. The van der Waals surface area contributed by atoms with Crippen LogP contribution in [0, 0.1) is 0 Å². The van der Waals surface area contributed by atoms with Gasteiger partial charge >= 0.3 is 6.03 Å². The third kappa shape index (κ3) is 4.80. The Morgan fingerprint density at radius 3 is 2.59 bits per heavy atom. The van der Waals surface area contributed by atoms with E-state index in [0.717, 1.165) is 18.4 Å². The monoisotopic (exact) mass is 569 g/mol. The van der Waals surface area contributed by atoms with Crippen molar-refractivity contribution in [1.82, 2.24) is 20.5 Å². The summed E-state index contributed by atoms with van der Waals surface area (Å²) in [6.07, 6.45) is 4.41. The molecule has 2 unspecified atom stereocenters. The van der Waals surface area contributed by atoms with E-state index in [1.165, 1.54) is 34.9 Å². The quantitative estimate of drug-likeness (QED) is 0.529. The fourth-order valence-corrected chi connectivity index (χ4v) is 7.55. The molecule has 3 aliphatic rings. The van der Waals surface area contributed by atoms with Crippen LogP contribution in [0.3, 0.4) is 0 Å². The number of nitrogens with zero attached hydrogens (tertiary/aromatic N) is 3. The molecule has 39 heavy (non-hydrogen) atoms. The first kappa shape index (κ1) is 27.2. The van der Waals surface area contributed by atoms with Crippen LogP contribution in [-0.2, 0) is 19.4 Å². The Hall–Kier alpha value is -3.38. The normalized spacial score (nSPS) is 22.6. The number of likely N-dealkylation sites (tertiary alicyclic amines) is 1. The van der Waals surface area contributed by atoms with E-state index in [0.29, 0.717) is 29.5 Å². The number of thioether (sulfide) groups is 1. The van der Waals surface area contributed by atoms with Crippen LogP contribution in [0.15, 0.2) is 59.1 Å². The van der Waals surface area contributed by atoms with Crippen molar-refractivity contribution in [1.29, 1.82) is 0 Å². The molecule has 1 aromatic carbocycles. The van der Waals surface area contributed by atoms with E-state index in [9.17, 15) is 22.8 Å². The number of nitrogens with one attached hydrogen (secondary N) is 2. The fourth-order valence-electron chi connectivity index (χ4n) is 5.12. The predicted octanol–water partition coefficient (Wildman–Crippen LogP) is 3.32. The third-order valence-electron chi connectivity index (χ3n) is 7.23. The maximum Gasteiger partial charge on any atom is 0.327 e. The van der Waals surface area contributed by atoms with Gasteiger partial charge in [0.2, 0.25) is 11.8 Å². The zero-order valence-electron chi connectivity index (χ0n) is 22.0. The van der Waals surface area contributed by atoms with Crippen LogP contribution in [0.5, 0.6) is 0 Å². The minimum absolute atomic E-state index is 0.158.